The number of hydrogen-bond acceptors (Lipinski definition) is 3. The highest BCUT2D eigenvalue weighted by Gasteiger charge is 2.37. The molecule has 1 aliphatic rings. The van der Waals surface area contributed by atoms with E-state index in [0.29, 0.717) is 26.3 Å². The van der Waals surface area contributed by atoms with Gasteiger partial charge < -0.3 is 15.8 Å². The topological polar surface area (TPSA) is 47.3 Å². The van der Waals surface area contributed by atoms with Crippen LogP contribution in [0.3, 0.4) is 0 Å². The van der Waals surface area contributed by atoms with E-state index in [1.54, 1.807) is 0 Å². The van der Waals surface area contributed by atoms with Gasteiger partial charge in [0, 0.05) is 24.4 Å². The summed E-state index contributed by atoms with van der Waals surface area (Å²) in [7, 11) is 0. The van der Waals surface area contributed by atoms with E-state index in [1.807, 2.05) is 6.92 Å². The summed E-state index contributed by atoms with van der Waals surface area (Å²) < 4.78 is 40.8. The number of alkyl halides is 3. The second-order valence-electron chi connectivity index (χ2n) is 4.67. The van der Waals surface area contributed by atoms with E-state index in [2.05, 4.69) is 5.32 Å². The van der Waals surface area contributed by atoms with E-state index < -0.39 is 12.6 Å². The molecule has 0 spiro atoms. The predicted octanol–water partition coefficient (Wildman–Crippen LogP) is 1.28. The fourth-order valence-corrected chi connectivity index (χ4v) is 1.70. The molecule has 3 nitrogen and oxygen atoms in total. The van der Waals surface area contributed by atoms with Crippen LogP contribution in [0.1, 0.15) is 19.8 Å². The molecule has 1 fully saturated rings. The summed E-state index contributed by atoms with van der Waals surface area (Å²) in [5.41, 5.74) is 5.70. The molecular weight excluding hydrogens is 221 g/mol. The number of hydrogen-bond donors (Lipinski definition) is 2. The Bertz CT molecular complexity index is 223. The SMILES string of the molecule is CC1(CNCCCC(F)(F)F)COCC1N. The molecule has 0 aliphatic carbocycles. The van der Waals surface area contributed by atoms with Crippen LogP contribution in [-0.2, 0) is 4.74 Å². The van der Waals surface area contributed by atoms with Crippen LogP contribution in [0, 0.1) is 5.41 Å². The van der Waals surface area contributed by atoms with Crippen LogP contribution in [0.15, 0.2) is 0 Å². The first kappa shape index (κ1) is 13.7. The molecule has 0 aromatic heterocycles. The van der Waals surface area contributed by atoms with Gasteiger partial charge in [-0.3, -0.25) is 0 Å². The fraction of sp³-hybridized carbons (Fsp3) is 1.00. The van der Waals surface area contributed by atoms with Crippen LogP contribution < -0.4 is 11.1 Å². The maximum atomic E-state index is 11.9. The molecule has 16 heavy (non-hydrogen) atoms. The Morgan fingerprint density at radius 1 is 1.50 bits per heavy atom. The Morgan fingerprint density at radius 2 is 2.19 bits per heavy atom. The predicted molar refractivity (Wildman–Crippen MR) is 55.1 cm³/mol. The Balaban J connectivity index is 2.11. The van der Waals surface area contributed by atoms with Crippen molar-refractivity contribution in [1.82, 2.24) is 5.32 Å². The van der Waals surface area contributed by atoms with Gasteiger partial charge in [-0.1, -0.05) is 6.92 Å². The van der Waals surface area contributed by atoms with Crippen LogP contribution in [0.4, 0.5) is 13.2 Å². The van der Waals surface area contributed by atoms with Crippen LogP contribution >= 0.6 is 0 Å². The molecule has 0 aromatic carbocycles. The second kappa shape index (κ2) is 5.33. The highest BCUT2D eigenvalue weighted by Crippen LogP contribution is 2.26. The normalized spacial score (nSPS) is 30.9. The molecular formula is C10H19F3N2O. The van der Waals surface area contributed by atoms with Gasteiger partial charge >= 0.3 is 6.18 Å². The molecule has 0 bridgehead atoms. The minimum Gasteiger partial charge on any atom is -0.379 e. The van der Waals surface area contributed by atoms with Gasteiger partial charge in [0.2, 0.25) is 0 Å². The third kappa shape index (κ3) is 4.27. The summed E-state index contributed by atoms with van der Waals surface area (Å²) in [6, 6.07) is -0.0392. The van der Waals surface area contributed by atoms with Gasteiger partial charge in [0.05, 0.1) is 13.2 Å². The minimum atomic E-state index is -4.06. The van der Waals surface area contributed by atoms with Crippen LogP contribution in [0.5, 0.6) is 0 Å². The molecule has 2 unspecified atom stereocenters. The van der Waals surface area contributed by atoms with Crippen molar-refractivity contribution < 1.29 is 17.9 Å². The van der Waals surface area contributed by atoms with E-state index in [1.165, 1.54) is 0 Å². The number of nitrogens with two attached hydrogens (primary N) is 1. The van der Waals surface area contributed by atoms with Crippen molar-refractivity contribution in [2.24, 2.45) is 11.1 Å². The number of halogens is 3. The van der Waals surface area contributed by atoms with Gasteiger partial charge in [-0.25, -0.2) is 0 Å². The van der Waals surface area contributed by atoms with Crippen LogP contribution in [0.2, 0.25) is 0 Å². The summed E-state index contributed by atoms with van der Waals surface area (Å²) in [6.07, 6.45) is -4.69. The number of nitrogens with one attached hydrogen (secondary N) is 1. The lowest BCUT2D eigenvalue weighted by atomic mass is 9.86. The number of ether oxygens (including phenoxy) is 1. The van der Waals surface area contributed by atoms with Gasteiger partial charge in [0.1, 0.15) is 0 Å². The highest BCUT2D eigenvalue weighted by atomic mass is 19.4. The van der Waals surface area contributed by atoms with E-state index in [4.69, 9.17) is 10.5 Å². The quantitative estimate of drug-likeness (QED) is 0.712. The lowest BCUT2D eigenvalue weighted by Gasteiger charge is -2.27. The second-order valence-corrected chi connectivity index (χ2v) is 4.67. The van der Waals surface area contributed by atoms with Crippen molar-refractivity contribution in [1.29, 1.82) is 0 Å². The minimum absolute atomic E-state index is 0.0392. The zero-order valence-corrected chi connectivity index (χ0v) is 9.44. The molecule has 0 aromatic rings. The first-order valence-corrected chi connectivity index (χ1v) is 5.44. The van der Waals surface area contributed by atoms with Crippen molar-refractivity contribution in [3.8, 4) is 0 Å². The van der Waals surface area contributed by atoms with Gasteiger partial charge in [-0.2, -0.15) is 13.2 Å². The maximum absolute atomic E-state index is 11.9. The van der Waals surface area contributed by atoms with Crippen molar-refractivity contribution in [2.75, 3.05) is 26.3 Å². The standard InChI is InChI=1S/C10H19F3N2O/c1-9(7-16-5-8(9)14)6-15-4-2-3-10(11,12)13/h8,15H,2-7,14H2,1H3. The molecule has 6 heteroatoms. The number of rotatable bonds is 5. The van der Waals surface area contributed by atoms with E-state index >= 15 is 0 Å². The van der Waals surface area contributed by atoms with Gasteiger partial charge in [0.25, 0.3) is 0 Å². The van der Waals surface area contributed by atoms with Gasteiger partial charge in [-0.15, -0.1) is 0 Å². The van der Waals surface area contributed by atoms with E-state index in [9.17, 15) is 13.2 Å². The molecule has 0 saturated carbocycles. The highest BCUT2D eigenvalue weighted by molar-refractivity contribution is 4.91. The molecule has 0 radical (unpaired) electrons. The lowest BCUT2D eigenvalue weighted by molar-refractivity contribution is -0.135. The molecule has 1 aliphatic heterocycles. The molecule has 1 saturated heterocycles. The third-order valence-electron chi connectivity index (χ3n) is 2.97. The Kier molecular flexibility index (Phi) is 4.58. The summed E-state index contributed by atoms with van der Waals surface area (Å²) in [5.74, 6) is 0. The lowest BCUT2D eigenvalue weighted by Crippen LogP contribution is -2.45. The van der Waals surface area contributed by atoms with Crippen LogP contribution in [0.25, 0.3) is 0 Å². The summed E-state index contributed by atoms with van der Waals surface area (Å²) in [5, 5.41) is 3.01. The van der Waals surface area contributed by atoms with Crippen molar-refractivity contribution in [3.63, 3.8) is 0 Å². The van der Waals surface area contributed by atoms with Crippen LogP contribution in [-0.4, -0.2) is 38.5 Å². The van der Waals surface area contributed by atoms with Crippen molar-refractivity contribution in [2.45, 2.75) is 32.0 Å². The summed E-state index contributed by atoms with van der Waals surface area (Å²) in [6.45, 7) is 4.05. The molecule has 3 N–H and O–H groups in total. The zero-order chi connectivity index (χ0) is 12.2. The molecule has 1 rings (SSSR count). The molecule has 2 atom stereocenters. The Morgan fingerprint density at radius 3 is 2.69 bits per heavy atom. The average Bonchev–Trinajstić information content (AvgIpc) is 2.45. The van der Waals surface area contributed by atoms with E-state index in [0.717, 1.165) is 0 Å². The first-order valence-electron chi connectivity index (χ1n) is 5.44. The first-order chi connectivity index (χ1) is 7.33. The molecule has 1 heterocycles. The Hall–Kier alpha value is -0.330. The largest absolute Gasteiger partial charge is 0.389 e. The summed E-state index contributed by atoms with van der Waals surface area (Å²) in [4.78, 5) is 0. The average molecular weight is 240 g/mol. The monoisotopic (exact) mass is 240 g/mol. The Labute approximate surface area is 93.5 Å². The van der Waals surface area contributed by atoms with Crippen molar-refractivity contribution in [3.05, 3.63) is 0 Å². The van der Waals surface area contributed by atoms with Gasteiger partial charge in [0.15, 0.2) is 0 Å². The van der Waals surface area contributed by atoms with E-state index in [-0.39, 0.29) is 17.9 Å². The summed E-state index contributed by atoms with van der Waals surface area (Å²) >= 11 is 0. The van der Waals surface area contributed by atoms with Gasteiger partial charge in [-0.05, 0) is 13.0 Å². The smallest absolute Gasteiger partial charge is 0.379 e. The molecule has 96 valence electrons. The maximum Gasteiger partial charge on any atom is 0.389 e. The fourth-order valence-electron chi connectivity index (χ4n) is 1.70. The zero-order valence-electron chi connectivity index (χ0n) is 9.44. The molecule has 0 amide bonds. The third-order valence-corrected chi connectivity index (χ3v) is 2.97. The van der Waals surface area contributed by atoms with Crippen molar-refractivity contribution >= 4 is 0 Å².